The van der Waals surface area contributed by atoms with Crippen LogP contribution in [0.5, 0.6) is 0 Å². The Bertz CT molecular complexity index is 905. The maximum absolute atomic E-state index is 11.6. The van der Waals surface area contributed by atoms with E-state index in [4.69, 9.17) is 11.6 Å². The van der Waals surface area contributed by atoms with Crippen LogP contribution in [0, 0.1) is 10.1 Å². The van der Waals surface area contributed by atoms with E-state index in [0.717, 1.165) is 12.0 Å². The third-order valence-corrected chi connectivity index (χ3v) is 4.01. The zero-order valence-electron chi connectivity index (χ0n) is 13.7. The molecule has 0 spiro atoms. The highest BCUT2D eigenvalue weighted by molar-refractivity contribution is 6.33. The van der Waals surface area contributed by atoms with Gasteiger partial charge in [-0.25, -0.2) is 9.97 Å². The van der Waals surface area contributed by atoms with E-state index in [9.17, 15) is 10.1 Å². The molecule has 2 N–H and O–H groups in total. The lowest BCUT2D eigenvalue weighted by Gasteiger charge is -2.11. The van der Waals surface area contributed by atoms with Crippen molar-refractivity contribution in [3.63, 3.8) is 0 Å². The van der Waals surface area contributed by atoms with E-state index in [-0.39, 0.29) is 17.3 Å². The van der Waals surface area contributed by atoms with E-state index in [1.807, 2.05) is 30.3 Å². The standard InChI is InChI=1S/C18H16ClN5O2/c19-14-8-4-5-9-15(14)23-18-16(24(25)26)17(21-12-22-18)20-11-10-13-6-2-1-3-7-13/h1-9,12H,10-11H2,(H2,20,21,22,23). The second-order valence-corrected chi connectivity index (χ2v) is 5.85. The number of nitro groups is 1. The van der Waals surface area contributed by atoms with Crippen molar-refractivity contribution in [2.75, 3.05) is 17.2 Å². The molecule has 0 aliphatic heterocycles. The van der Waals surface area contributed by atoms with Crippen LogP contribution in [0.2, 0.25) is 5.02 Å². The van der Waals surface area contributed by atoms with Crippen molar-refractivity contribution in [2.24, 2.45) is 0 Å². The van der Waals surface area contributed by atoms with Gasteiger partial charge in [0.15, 0.2) is 0 Å². The molecule has 0 amide bonds. The van der Waals surface area contributed by atoms with E-state index in [2.05, 4.69) is 20.6 Å². The van der Waals surface area contributed by atoms with E-state index >= 15 is 0 Å². The van der Waals surface area contributed by atoms with Crippen LogP contribution in [0.3, 0.4) is 0 Å². The van der Waals surface area contributed by atoms with E-state index in [1.165, 1.54) is 6.33 Å². The first kappa shape index (κ1) is 17.6. The fourth-order valence-corrected chi connectivity index (χ4v) is 2.62. The van der Waals surface area contributed by atoms with E-state index in [1.54, 1.807) is 24.3 Å². The Kier molecular flexibility index (Phi) is 5.60. The highest BCUT2D eigenvalue weighted by atomic mass is 35.5. The van der Waals surface area contributed by atoms with E-state index in [0.29, 0.717) is 17.3 Å². The summed E-state index contributed by atoms with van der Waals surface area (Å²) in [5, 5.41) is 17.9. The second kappa shape index (κ2) is 8.26. The summed E-state index contributed by atoms with van der Waals surface area (Å²) in [7, 11) is 0. The fraction of sp³-hybridized carbons (Fsp3) is 0.111. The molecule has 132 valence electrons. The summed E-state index contributed by atoms with van der Waals surface area (Å²) in [4.78, 5) is 19.1. The molecule has 0 aliphatic carbocycles. The number of nitrogens with one attached hydrogen (secondary N) is 2. The van der Waals surface area contributed by atoms with Crippen LogP contribution in [0.4, 0.5) is 23.0 Å². The Morgan fingerprint density at radius 3 is 2.42 bits per heavy atom. The van der Waals surface area contributed by atoms with Crippen LogP contribution in [0.15, 0.2) is 60.9 Å². The SMILES string of the molecule is O=[N+]([O-])c1c(NCCc2ccccc2)ncnc1Nc1ccccc1Cl. The molecule has 0 bridgehead atoms. The van der Waals surface area contributed by atoms with Gasteiger partial charge in [0.25, 0.3) is 0 Å². The molecule has 0 radical (unpaired) electrons. The first-order chi connectivity index (χ1) is 12.6. The summed E-state index contributed by atoms with van der Waals surface area (Å²) in [5.74, 6) is 0.246. The van der Waals surface area contributed by atoms with Crippen LogP contribution in [0.1, 0.15) is 5.56 Å². The summed E-state index contributed by atoms with van der Waals surface area (Å²) in [5.41, 5.74) is 1.44. The molecule has 0 aliphatic rings. The molecule has 8 heteroatoms. The Morgan fingerprint density at radius 2 is 1.69 bits per heavy atom. The number of hydrogen-bond donors (Lipinski definition) is 2. The molecule has 2 aromatic carbocycles. The number of halogens is 1. The lowest BCUT2D eigenvalue weighted by molar-refractivity contribution is -0.383. The molecule has 1 aromatic heterocycles. The first-order valence-electron chi connectivity index (χ1n) is 7.94. The third kappa shape index (κ3) is 4.25. The van der Waals surface area contributed by atoms with Crippen LogP contribution in [0.25, 0.3) is 0 Å². The lowest BCUT2D eigenvalue weighted by Crippen LogP contribution is -2.10. The van der Waals surface area contributed by atoms with Gasteiger partial charge in [-0.2, -0.15) is 0 Å². The highest BCUT2D eigenvalue weighted by Crippen LogP contribution is 2.33. The number of nitrogens with zero attached hydrogens (tertiary/aromatic N) is 3. The normalized spacial score (nSPS) is 10.3. The van der Waals surface area contributed by atoms with Gasteiger partial charge >= 0.3 is 5.69 Å². The number of aromatic nitrogens is 2. The number of hydrogen-bond acceptors (Lipinski definition) is 6. The van der Waals surface area contributed by atoms with Crippen LogP contribution < -0.4 is 10.6 Å². The summed E-state index contributed by atoms with van der Waals surface area (Å²) in [6.07, 6.45) is 1.99. The molecule has 3 aromatic rings. The van der Waals surface area contributed by atoms with Gasteiger partial charge in [0.1, 0.15) is 6.33 Å². The lowest BCUT2D eigenvalue weighted by atomic mass is 10.1. The summed E-state index contributed by atoms with van der Waals surface area (Å²) in [6, 6.07) is 16.8. The molecule has 0 unspecified atom stereocenters. The summed E-state index contributed by atoms with van der Waals surface area (Å²) in [6.45, 7) is 0.507. The van der Waals surface area contributed by atoms with Crippen molar-refractivity contribution >= 4 is 34.6 Å². The van der Waals surface area contributed by atoms with Gasteiger partial charge in [-0.15, -0.1) is 0 Å². The maximum atomic E-state index is 11.6. The Labute approximate surface area is 155 Å². The molecule has 1 heterocycles. The van der Waals surface area contributed by atoms with Gasteiger partial charge < -0.3 is 10.6 Å². The van der Waals surface area contributed by atoms with Crippen LogP contribution >= 0.6 is 11.6 Å². The molecule has 0 atom stereocenters. The molecule has 0 saturated carbocycles. The average molecular weight is 370 g/mol. The summed E-state index contributed by atoms with van der Waals surface area (Å²) < 4.78 is 0. The molecular weight excluding hydrogens is 354 g/mol. The Hall–Kier alpha value is -3.19. The van der Waals surface area contributed by atoms with Crippen molar-refractivity contribution in [3.05, 3.63) is 81.6 Å². The number of rotatable bonds is 7. The minimum absolute atomic E-state index is 0.0836. The minimum Gasteiger partial charge on any atom is -0.364 e. The highest BCUT2D eigenvalue weighted by Gasteiger charge is 2.23. The average Bonchev–Trinajstić information content (AvgIpc) is 2.64. The summed E-state index contributed by atoms with van der Waals surface area (Å²) >= 11 is 6.11. The monoisotopic (exact) mass is 369 g/mol. The van der Waals surface area contributed by atoms with Gasteiger partial charge in [0.05, 0.1) is 15.6 Å². The van der Waals surface area contributed by atoms with Crippen molar-refractivity contribution in [2.45, 2.75) is 6.42 Å². The maximum Gasteiger partial charge on any atom is 0.353 e. The molecular formula is C18H16ClN5O2. The predicted octanol–water partition coefficient (Wildman–Crippen LogP) is 4.44. The largest absolute Gasteiger partial charge is 0.364 e. The van der Waals surface area contributed by atoms with Gasteiger partial charge in [-0.3, -0.25) is 10.1 Å². The number of anilines is 3. The number of benzene rings is 2. The second-order valence-electron chi connectivity index (χ2n) is 5.44. The van der Waals surface area contributed by atoms with Gasteiger partial charge in [0, 0.05) is 6.54 Å². The van der Waals surface area contributed by atoms with Gasteiger partial charge in [0.2, 0.25) is 11.6 Å². The van der Waals surface area contributed by atoms with Crippen molar-refractivity contribution in [1.29, 1.82) is 0 Å². The fourth-order valence-electron chi connectivity index (χ4n) is 2.43. The topological polar surface area (TPSA) is 93.0 Å². The molecule has 0 fully saturated rings. The van der Waals surface area contributed by atoms with Gasteiger partial charge in [-0.1, -0.05) is 54.1 Å². The molecule has 0 saturated heterocycles. The van der Waals surface area contributed by atoms with E-state index < -0.39 is 4.92 Å². The third-order valence-electron chi connectivity index (χ3n) is 3.68. The molecule has 7 nitrogen and oxygen atoms in total. The van der Waals surface area contributed by atoms with Crippen molar-refractivity contribution in [1.82, 2.24) is 9.97 Å². The van der Waals surface area contributed by atoms with Gasteiger partial charge in [-0.05, 0) is 24.1 Å². The Morgan fingerprint density at radius 1 is 1.00 bits per heavy atom. The van der Waals surface area contributed by atoms with Crippen LogP contribution in [-0.2, 0) is 6.42 Å². The quantitative estimate of drug-likeness (QED) is 0.472. The van der Waals surface area contributed by atoms with Crippen LogP contribution in [-0.4, -0.2) is 21.4 Å². The predicted molar refractivity (Wildman–Crippen MR) is 102 cm³/mol. The minimum atomic E-state index is -0.510. The molecule has 3 rings (SSSR count). The zero-order chi connectivity index (χ0) is 18.4. The first-order valence-corrected chi connectivity index (χ1v) is 8.31. The number of para-hydroxylation sites is 1. The van der Waals surface area contributed by atoms with Crippen molar-refractivity contribution < 1.29 is 4.92 Å². The molecule has 26 heavy (non-hydrogen) atoms. The van der Waals surface area contributed by atoms with Crippen molar-refractivity contribution in [3.8, 4) is 0 Å². The zero-order valence-corrected chi connectivity index (χ0v) is 14.5. The smallest absolute Gasteiger partial charge is 0.353 e. The Balaban J connectivity index is 1.80.